The van der Waals surface area contributed by atoms with Crippen molar-refractivity contribution < 1.29 is 13.2 Å². The number of rotatable bonds is 2. The zero-order chi connectivity index (χ0) is 21.2. The molecule has 1 unspecified atom stereocenters. The Morgan fingerprint density at radius 2 is 1.64 bits per heavy atom. The number of terminal acetylenes is 1. The zero-order valence-corrected chi connectivity index (χ0v) is 17.2. The van der Waals surface area contributed by atoms with E-state index < -0.39 is 11.7 Å². The van der Waals surface area contributed by atoms with Crippen LogP contribution >= 0.6 is 20.8 Å². The van der Waals surface area contributed by atoms with Gasteiger partial charge in [0.05, 0.1) is 10.6 Å². The van der Waals surface area contributed by atoms with Crippen LogP contribution in [-0.2, 0) is 12.6 Å². The van der Waals surface area contributed by atoms with Crippen molar-refractivity contribution in [2.45, 2.75) is 19.5 Å². The van der Waals surface area contributed by atoms with Gasteiger partial charge in [-0.1, -0.05) is 53.6 Å². The molecule has 6 heteroatoms. The fourth-order valence-corrected chi connectivity index (χ4v) is 2.74. The molecule has 0 aliphatic heterocycles. The molecule has 1 nitrogen and oxygen atoms in total. The van der Waals surface area contributed by atoms with Crippen molar-refractivity contribution >= 4 is 26.1 Å². The Bertz CT molecular complexity index is 876. The quantitative estimate of drug-likeness (QED) is 0.360. The second-order valence-electron chi connectivity index (χ2n) is 5.76. The van der Waals surface area contributed by atoms with Gasteiger partial charge in [-0.25, -0.2) is 0 Å². The number of hydrogen-bond donors (Lipinski definition) is 0. The van der Waals surface area contributed by atoms with Crippen LogP contribution in [0.4, 0.5) is 13.2 Å². The molecule has 0 N–H and O–H groups in total. The third kappa shape index (κ3) is 8.57. The van der Waals surface area contributed by atoms with Gasteiger partial charge in [-0.3, -0.25) is 4.98 Å². The highest BCUT2D eigenvalue weighted by Gasteiger charge is 2.30. The predicted molar refractivity (Wildman–Crippen MR) is 114 cm³/mol. The molecule has 0 spiro atoms. The first kappa shape index (κ1) is 23.7. The summed E-state index contributed by atoms with van der Waals surface area (Å²) in [7, 11) is 2.29. The van der Waals surface area contributed by atoms with Crippen LogP contribution in [0.5, 0.6) is 0 Å². The second kappa shape index (κ2) is 11.5. The molecular formula is C22H20ClF3NP. The molecule has 1 aromatic heterocycles. The van der Waals surface area contributed by atoms with Crippen LogP contribution in [-0.4, -0.2) is 4.98 Å². The van der Waals surface area contributed by atoms with Crippen molar-refractivity contribution in [2.75, 3.05) is 0 Å². The lowest BCUT2D eigenvalue weighted by Crippen LogP contribution is -2.09. The highest BCUT2D eigenvalue weighted by atomic mass is 35.5. The van der Waals surface area contributed by atoms with Gasteiger partial charge in [0.1, 0.15) is 0 Å². The molecule has 0 bridgehead atoms. The smallest absolute Gasteiger partial charge is 0.259 e. The summed E-state index contributed by atoms with van der Waals surface area (Å²) in [6.07, 6.45) is 5.48. The molecule has 0 saturated heterocycles. The fraction of sp³-hybridized carbons (Fsp3) is 0.136. The average molecular weight is 422 g/mol. The van der Waals surface area contributed by atoms with E-state index >= 15 is 0 Å². The summed E-state index contributed by atoms with van der Waals surface area (Å²) in [5, 5.41) is 0.998. The molecule has 146 valence electrons. The van der Waals surface area contributed by atoms with Crippen molar-refractivity contribution in [3.63, 3.8) is 0 Å². The van der Waals surface area contributed by atoms with Gasteiger partial charge in [-0.15, -0.1) is 22.1 Å². The maximum atomic E-state index is 12.7. The van der Waals surface area contributed by atoms with Gasteiger partial charge in [0.15, 0.2) is 0 Å². The van der Waals surface area contributed by atoms with Crippen LogP contribution in [0.25, 0.3) is 0 Å². The molecule has 3 rings (SSSR count). The van der Waals surface area contributed by atoms with Gasteiger partial charge >= 0.3 is 6.18 Å². The summed E-state index contributed by atoms with van der Waals surface area (Å²) in [4.78, 5) is 4.08. The summed E-state index contributed by atoms with van der Waals surface area (Å²) < 4.78 is 38.1. The Hall–Kier alpha value is -2.34. The molecule has 3 aromatic rings. The monoisotopic (exact) mass is 421 g/mol. The van der Waals surface area contributed by atoms with E-state index in [-0.39, 0.29) is 0 Å². The SMILES string of the molecule is C#C.Cc1ccccc1.FC(F)(F)c1cc(P)cc(Cc2ccc(Cl)cn2)c1. The van der Waals surface area contributed by atoms with Gasteiger partial charge in [-0.2, -0.15) is 13.2 Å². The first-order valence-electron chi connectivity index (χ1n) is 8.16. The maximum Gasteiger partial charge on any atom is 0.416 e. The minimum absolute atomic E-state index is 0.336. The first-order chi connectivity index (χ1) is 13.2. The fourth-order valence-electron chi connectivity index (χ4n) is 2.24. The number of halogens is 4. The zero-order valence-electron chi connectivity index (χ0n) is 15.2. The predicted octanol–water partition coefficient (Wildman–Crippen LogP) is 6.09. The Balaban J connectivity index is 0.000000363. The summed E-state index contributed by atoms with van der Waals surface area (Å²) in [5.41, 5.74) is 1.91. The topological polar surface area (TPSA) is 12.9 Å². The van der Waals surface area contributed by atoms with E-state index in [1.54, 1.807) is 18.2 Å². The molecule has 2 aromatic carbocycles. The molecule has 1 atom stereocenters. The van der Waals surface area contributed by atoms with Gasteiger partial charge in [0.2, 0.25) is 0 Å². The highest BCUT2D eigenvalue weighted by Crippen LogP contribution is 2.29. The second-order valence-corrected chi connectivity index (χ2v) is 6.86. The third-order valence-electron chi connectivity index (χ3n) is 3.46. The van der Waals surface area contributed by atoms with Gasteiger partial charge in [-0.05, 0) is 42.1 Å². The molecule has 0 saturated carbocycles. The van der Waals surface area contributed by atoms with Crippen LogP contribution in [0, 0.1) is 19.8 Å². The van der Waals surface area contributed by atoms with E-state index in [0.29, 0.717) is 28.0 Å². The van der Waals surface area contributed by atoms with Crippen molar-refractivity contribution in [3.05, 3.63) is 94.3 Å². The standard InChI is InChI=1S/C13H10ClF3NP.C7H8.C2H2/c14-10-1-2-11(18-7-10)4-8-3-9(13(15,16)17)6-12(19)5-8;1-7-5-3-2-4-6-7;1-2/h1-3,5-7H,4,19H2;2-6H,1H3;1-2H. The van der Waals surface area contributed by atoms with E-state index in [9.17, 15) is 13.2 Å². The van der Waals surface area contributed by atoms with E-state index in [0.717, 1.165) is 12.1 Å². The van der Waals surface area contributed by atoms with Gasteiger partial charge in [0, 0.05) is 18.3 Å². The molecule has 0 fully saturated rings. The summed E-state index contributed by atoms with van der Waals surface area (Å²) in [6.45, 7) is 2.08. The van der Waals surface area contributed by atoms with Gasteiger partial charge in [0.25, 0.3) is 0 Å². The number of aromatic nitrogens is 1. The van der Waals surface area contributed by atoms with E-state index in [1.807, 2.05) is 18.2 Å². The summed E-state index contributed by atoms with van der Waals surface area (Å²) in [6, 6.07) is 17.6. The largest absolute Gasteiger partial charge is 0.416 e. The maximum absolute atomic E-state index is 12.7. The minimum Gasteiger partial charge on any atom is -0.259 e. The molecule has 0 radical (unpaired) electrons. The molecule has 28 heavy (non-hydrogen) atoms. The van der Waals surface area contributed by atoms with Crippen LogP contribution in [0.2, 0.25) is 5.02 Å². The summed E-state index contributed by atoms with van der Waals surface area (Å²) in [5.74, 6) is 0. The lowest BCUT2D eigenvalue weighted by atomic mass is 10.1. The highest BCUT2D eigenvalue weighted by molar-refractivity contribution is 7.27. The van der Waals surface area contributed by atoms with Crippen molar-refractivity contribution in [1.29, 1.82) is 0 Å². The van der Waals surface area contributed by atoms with Crippen LogP contribution in [0.3, 0.4) is 0 Å². The normalized spacial score (nSPS) is 10.1. The number of aryl methyl sites for hydroxylation is 1. The Kier molecular flexibility index (Phi) is 9.73. The molecule has 0 aliphatic rings. The van der Waals surface area contributed by atoms with Crippen molar-refractivity contribution in [1.82, 2.24) is 4.98 Å². The lowest BCUT2D eigenvalue weighted by molar-refractivity contribution is -0.137. The Morgan fingerprint density at radius 1 is 1.00 bits per heavy atom. The number of alkyl halides is 3. The van der Waals surface area contributed by atoms with Crippen LogP contribution < -0.4 is 5.30 Å². The number of hydrogen-bond acceptors (Lipinski definition) is 1. The molecule has 0 amide bonds. The lowest BCUT2D eigenvalue weighted by Gasteiger charge is -2.10. The van der Waals surface area contributed by atoms with Crippen LogP contribution in [0.15, 0.2) is 66.9 Å². The van der Waals surface area contributed by atoms with E-state index in [2.05, 4.69) is 46.1 Å². The Labute approximate surface area is 171 Å². The number of nitrogens with zero attached hydrogens (tertiary/aromatic N) is 1. The Morgan fingerprint density at radius 3 is 2.11 bits per heavy atom. The minimum atomic E-state index is -4.34. The van der Waals surface area contributed by atoms with Crippen LogP contribution in [0.1, 0.15) is 22.4 Å². The number of pyridine rings is 1. The van der Waals surface area contributed by atoms with Crippen molar-refractivity contribution in [3.8, 4) is 12.8 Å². The molecule has 1 heterocycles. The van der Waals surface area contributed by atoms with Crippen molar-refractivity contribution in [2.24, 2.45) is 0 Å². The third-order valence-corrected chi connectivity index (χ3v) is 4.01. The molecule has 0 aliphatic carbocycles. The summed E-state index contributed by atoms with van der Waals surface area (Å²) >= 11 is 5.71. The number of benzene rings is 2. The first-order valence-corrected chi connectivity index (χ1v) is 9.11. The van der Waals surface area contributed by atoms with Gasteiger partial charge < -0.3 is 0 Å². The molecular weight excluding hydrogens is 402 g/mol. The average Bonchev–Trinajstić information content (AvgIpc) is 2.65. The van der Waals surface area contributed by atoms with E-state index in [4.69, 9.17) is 11.6 Å². The van der Waals surface area contributed by atoms with E-state index in [1.165, 1.54) is 11.8 Å².